The SMILES string of the molecule is CC(C)(C)OC(=O)CCOC[C@@H]1[C@H](CO[Si](c2ccccc2)(c2ccccc2)C(C)(C)C)C1(C)C. The molecular weight excluding hydrogens is 452 g/mol. The molecular formula is C30H44O4Si. The van der Waals surface area contributed by atoms with Crippen molar-refractivity contribution < 1.29 is 18.7 Å². The number of carbonyl (C=O) groups excluding carboxylic acids is 1. The fourth-order valence-corrected chi connectivity index (χ4v) is 9.84. The Hall–Kier alpha value is -1.95. The number of esters is 1. The normalized spacial score (nSPS) is 19.9. The molecule has 1 aliphatic carbocycles. The number of hydrogen-bond acceptors (Lipinski definition) is 4. The first-order chi connectivity index (χ1) is 16.3. The number of ether oxygens (including phenoxy) is 2. The highest BCUT2D eigenvalue weighted by atomic mass is 28.4. The molecule has 35 heavy (non-hydrogen) atoms. The number of rotatable bonds is 10. The maximum absolute atomic E-state index is 12.0. The van der Waals surface area contributed by atoms with E-state index in [0.29, 0.717) is 31.7 Å². The van der Waals surface area contributed by atoms with Crippen molar-refractivity contribution in [3.63, 3.8) is 0 Å². The van der Waals surface area contributed by atoms with Crippen LogP contribution in [-0.2, 0) is 18.7 Å². The number of carbonyl (C=O) groups is 1. The van der Waals surface area contributed by atoms with Crippen LogP contribution in [0.1, 0.15) is 61.8 Å². The molecule has 0 aliphatic heterocycles. The van der Waals surface area contributed by atoms with Crippen molar-refractivity contribution in [3.05, 3.63) is 60.7 Å². The second kappa shape index (κ2) is 10.6. The predicted molar refractivity (Wildman–Crippen MR) is 146 cm³/mol. The van der Waals surface area contributed by atoms with E-state index in [4.69, 9.17) is 13.9 Å². The van der Waals surface area contributed by atoms with Gasteiger partial charge in [-0.05, 0) is 53.4 Å². The van der Waals surface area contributed by atoms with Gasteiger partial charge < -0.3 is 13.9 Å². The van der Waals surface area contributed by atoms with Crippen LogP contribution >= 0.6 is 0 Å². The van der Waals surface area contributed by atoms with E-state index in [1.165, 1.54) is 10.4 Å². The average molecular weight is 497 g/mol. The van der Waals surface area contributed by atoms with Crippen LogP contribution in [0.15, 0.2) is 60.7 Å². The molecule has 192 valence electrons. The Morgan fingerprint density at radius 1 is 0.829 bits per heavy atom. The first-order valence-corrected chi connectivity index (χ1v) is 14.7. The molecule has 0 spiro atoms. The van der Waals surface area contributed by atoms with Crippen molar-refractivity contribution in [2.75, 3.05) is 19.8 Å². The summed E-state index contributed by atoms with van der Waals surface area (Å²) in [6.45, 7) is 18.9. The van der Waals surface area contributed by atoms with Gasteiger partial charge in [-0.3, -0.25) is 4.79 Å². The lowest BCUT2D eigenvalue weighted by Gasteiger charge is -2.43. The van der Waals surface area contributed by atoms with Gasteiger partial charge in [-0.15, -0.1) is 0 Å². The van der Waals surface area contributed by atoms with Crippen LogP contribution in [0.4, 0.5) is 0 Å². The van der Waals surface area contributed by atoms with Crippen LogP contribution in [0.5, 0.6) is 0 Å². The summed E-state index contributed by atoms with van der Waals surface area (Å²) in [5, 5.41) is 2.58. The van der Waals surface area contributed by atoms with Gasteiger partial charge in [-0.1, -0.05) is 95.3 Å². The Kier molecular flexibility index (Phi) is 8.35. The standard InChI is InChI=1S/C30H44O4Si/c1-28(2,3)34-27(31)19-20-32-21-25-26(30(25,7)8)22-33-35(29(4,5)6,23-15-11-9-12-16-23)24-17-13-10-14-18-24/h9-18,25-26H,19-22H2,1-8H3/t25-,26+/m1/s1. The molecule has 0 heterocycles. The summed E-state index contributed by atoms with van der Waals surface area (Å²) in [6, 6.07) is 21.6. The summed E-state index contributed by atoms with van der Waals surface area (Å²) in [6.07, 6.45) is 0.285. The maximum Gasteiger partial charge on any atom is 0.308 e. The highest BCUT2D eigenvalue weighted by Gasteiger charge is 2.59. The van der Waals surface area contributed by atoms with Gasteiger partial charge in [0.2, 0.25) is 0 Å². The van der Waals surface area contributed by atoms with Crippen LogP contribution in [0, 0.1) is 17.3 Å². The fourth-order valence-electron chi connectivity index (χ4n) is 5.25. The van der Waals surface area contributed by atoms with Gasteiger partial charge in [0.25, 0.3) is 8.32 Å². The van der Waals surface area contributed by atoms with Gasteiger partial charge in [0, 0.05) is 6.61 Å². The number of benzene rings is 2. The van der Waals surface area contributed by atoms with E-state index in [2.05, 4.69) is 95.3 Å². The minimum Gasteiger partial charge on any atom is -0.460 e. The number of hydrogen-bond donors (Lipinski definition) is 0. The molecule has 0 N–H and O–H groups in total. The zero-order valence-corrected chi connectivity index (χ0v) is 23.9. The molecule has 0 radical (unpaired) electrons. The molecule has 0 saturated heterocycles. The van der Waals surface area contributed by atoms with Crippen molar-refractivity contribution >= 4 is 24.7 Å². The molecule has 0 aromatic heterocycles. The molecule has 2 aromatic rings. The third-order valence-electron chi connectivity index (χ3n) is 7.35. The summed E-state index contributed by atoms with van der Waals surface area (Å²) in [7, 11) is -2.54. The summed E-state index contributed by atoms with van der Waals surface area (Å²) in [5.41, 5.74) is -0.309. The lowest BCUT2D eigenvalue weighted by atomic mass is 10.1. The second-order valence-electron chi connectivity index (χ2n) is 12.4. The van der Waals surface area contributed by atoms with Gasteiger partial charge in [0.05, 0.1) is 19.6 Å². The summed E-state index contributed by atoms with van der Waals surface area (Å²) >= 11 is 0. The summed E-state index contributed by atoms with van der Waals surface area (Å²) < 4.78 is 18.5. The van der Waals surface area contributed by atoms with Crippen molar-refractivity contribution in [2.24, 2.45) is 17.3 Å². The van der Waals surface area contributed by atoms with Gasteiger partial charge in [-0.25, -0.2) is 0 Å². The highest BCUT2D eigenvalue weighted by Crippen LogP contribution is 2.58. The molecule has 0 bridgehead atoms. The summed E-state index contributed by atoms with van der Waals surface area (Å²) in [5.74, 6) is 0.629. The van der Waals surface area contributed by atoms with E-state index in [1.807, 2.05) is 20.8 Å². The van der Waals surface area contributed by atoms with E-state index in [1.54, 1.807) is 0 Å². The van der Waals surface area contributed by atoms with Crippen molar-refractivity contribution in [3.8, 4) is 0 Å². The average Bonchev–Trinajstić information content (AvgIpc) is 3.29. The Balaban J connectivity index is 1.70. The van der Waals surface area contributed by atoms with E-state index in [0.717, 1.165) is 0 Å². The first kappa shape index (κ1) is 27.6. The minimum atomic E-state index is -2.54. The van der Waals surface area contributed by atoms with Gasteiger partial charge >= 0.3 is 5.97 Å². The Morgan fingerprint density at radius 3 is 1.77 bits per heavy atom. The molecule has 4 nitrogen and oxygen atoms in total. The van der Waals surface area contributed by atoms with Crippen molar-refractivity contribution in [1.29, 1.82) is 0 Å². The predicted octanol–water partition coefficient (Wildman–Crippen LogP) is 5.58. The van der Waals surface area contributed by atoms with E-state index >= 15 is 0 Å². The Morgan fingerprint density at radius 2 is 1.31 bits per heavy atom. The zero-order chi connectivity index (χ0) is 25.9. The van der Waals surface area contributed by atoms with Gasteiger partial charge in [-0.2, -0.15) is 0 Å². The molecule has 0 unspecified atom stereocenters. The lowest BCUT2D eigenvalue weighted by molar-refractivity contribution is -0.156. The van der Waals surface area contributed by atoms with E-state index in [9.17, 15) is 4.79 Å². The van der Waals surface area contributed by atoms with Crippen LogP contribution in [-0.4, -0.2) is 39.7 Å². The largest absolute Gasteiger partial charge is 0.460 e. The third-order valence-corrected chi connectivity index (χ3v) is 12.4. The van der Waals surface area contributed by atoms with Crippen molar-refractivity contribution in [2.45, 2.75) is 72.5 Å². The molecule has 5 heteroatoms. The first-order valence-electron chi connectivity index (χ1n) is 12.8. The second-order valence-corrected chi connectivity index (χ2v) is 16.7. The molecule has 2 aromatic carbocycles. The molecule has 3 rings (SSSR count). The zero-order valence-electron chi connectivity index (χ0n) is 22.9. The van der Waals surface area contributed by atoms with Gasteiger partial charge in [0.15, 0.2) is 0 Å². The molecule has 2 atom stereocenters. The quantitative estimate of drug-likeness (QED) is 0.245. The van der Waals surface area contributed by atoms with Crippen LogP contribution in [0.2, 0.25) is 5.04 Å². The topological polar surface area (TPSA) is 44.8 Å². The fraction of sp³-hybridized carbons (Fsp3) is 0.567. The monoisotopic (exact) mass is 496 g/mol. The maximum atomic E-state index is 12.0. The molecule has 1 saturated carbocycles. The van der Waals surface area contributed by atoms with E-state index < -0.39 is 13.9 Å². The Bertz CT molecular complexity index is 918. The van der Waals surface area contributed by atoms with Crippen LogP contribution in [0.25, 0.3) is 0 Å². The minimum absolute atomic E-state index is 0.0336. The lowest BCUT2D eigenvalue weighted by Crippen LogP contribution is -2.66. The molecule has 1 fully saturated rings. The molecule has 1 aliphatic rings. The van der Waals surface area contributed by atoms with E-state index in [-0.39, 0.29) is 22.8 Å². The highest BCUT2D eigenvalue weighted by molar-refractivity contribution is 6.99. The summed E-state index contributed by atoms with van der Waals surface area (Å²) in [4.78, 5) is 12.0. The van der Waals surface area contributed by atoms with Crippen molar-refractivity contribution in [1.82, 2.24) is 0 Å². The van der Waals surface area contributed by atoms with Crippen LogP contribution in [0.3, 0.4) is 0 Å². The van der Waals surface area contributed by atoms with Crippen LogP contribution < -0.4 is 10.4 Å². The van der Waals surface area contributed by atoms with Gasteiger partial charge in [0.1, 0.15) is 5.60 Å². The Labute approximate surface area is 213 Å². The third kappa shape index (κ3) is 6.44. The smallest absolute Gasteiger partial charge is 0.308 e. The molecule has 0 amide bonds.